The second-order valence-corrected chi connectivity index (χ2v) is 6.89. The van der Waals surface area contributed by atoms with Gasteiger partial charge in [0.1, 0.15) is 5.69 Å². The highest BCUT2D eigenvalue weighted by molar-refractivity contribution is 6.17. The molecule has 6 rings (SSSR count). The molecule has 0 radical (unpaired) electrons. The number of aromatic nitrogens is 1. The maximum atomic E-state index is 6.23. The van der Waals surface area contributed by atoms with Crippen molar-refractivity contribution in [2.24, 2.45) is 9.98 Å². The second kappa shape index (κ2) is 5.89. The predicted molar refractivity (Wildman–Crippen MR) is 111 cm³/mol. The van der Waals surface area contributed by atoms with Crippen LogP contribution in [0.15, 0.2) is 81.1 Å². The molecule has 4 heterocycles. The molecule has 0 bridgehead atoms. The standard InChI is InChI=1S/C23H16N4O/c1-3-7-15(8-4-1)17-13-18(16-9-5-2-6-10-16)26-23-19(17)20-21(28-23)22-24-11-12-27(22)14-25-20/h1-10,13-14H,11-12H2. The van der Waals surface area contributed by atoms with Gasteiger partial charge in [-0.2, -0.15) is 0 Å². The number of hydrogen-bond donors (Lipinski definition) is 0. The highest BCUT2D eigenvalue weighted by Crippen LogP contribution is 2.43. The van der Waals surface area contributed by atoms with Gasteiger partial charge in [0.05, 0.1) is 24.0 Å². The molecule has 2 aliphatic rings. The maximum Gasteiger partial charge on any atom is 0.230 e. The lowest BCUT2D eigenvalue weighted by atomic mass is 9.99. The molecule has 5 nitrogen and oxygen atoms in total. The smallest absolute Gasteiger partial charge is 0.230 e. The van der Waals surface area contributed by atoms with Crippen LogP contribution in [0.1, 0.15) is 5.76 Å². The van der Waals surface area contributed by atoms with Crippen LogP contribution >= 0.6 is 0 Å². The fourth-order valence-electron chi connectivity index (χ4n) is 3.86. The zero-order valence-corrected chi connectivity index (χ0v) is 15.0. The number of rotatable bonds is 2. The highest BCUT2D eigenvalue weighted by atomic mass is 16.3. The van der Waals surface area contributed by atoms with E-state index >= 15 is 0 Å². The Labute approximate surface area is 161 Å². The van der Waals surface area contributed by atoms with Gasteiger partial charge in [-0.1, -0.05) is 60.7 Å². The Hall–Kier alpha value is -3.73. The van der Waals surface area contributed by atoms with E-state index in [0.717, 1.165) is 52.4 Å². The molecule has 2 aromatic heterocycles. The summed E-state index contributed by atoms with van der Waals surface area (Å²) in [7, 11) is 0. The van der Waals surface area contributed by atoms with Gasteiger partial charge in [-0.25, -0.2) is 9.98 Å². The molecule has 2 aromatic carbocycles. The van der Waals surface area contributed by atoms with Crippen LogP contribution in [0.3, 0.4) is 0 Å². The third kappa shape index (κ3) is 2.23. The lowest BCUT2D eigenvalue weighted by molar-refractivity contribution is 0.571. The van der Waals surface area contributed by atoms with Gasteiger partial charge in [-0.3, -0.25) is 4.99 Å². The van der Waals surface area contributed by atoms with Gasteiger partial charge in [0.2, 0.25) is 5.71 Å². The minimum atomic E-state index is 0.596. The number of furan rings is 1. The van der Waals surface area contributed by atoms with E-state index in [-0.39, 0.29) is 0 Å². The second-order valence-electron chi connectivity index (χ2n) is 6.89. The Kier molecular flexibility index (Phi) is 3.23. The molecular formula is C23H16N4O. The number of nitrogens with zero attached hydrogens (tertiary/aromatic N) is 4. The van der Waals surface area contributed by atoms with Crippen molar-refractivity contribution in [2.75, 3.05) is 13.1 Å². The van der Waals surface area contributed by atoms with Crippen molar-refractivity contribution in [1.82, 2.24) is 9.88 Å². The molecule has 0 saturated carbocycles. The van der Waals surface area contributed by atoms with E-state index in [1.165, 1.54) is 0 Å². The summed E-state index contributed by atoms with van der Waals surface area (Å²) in [6.45, 7) is 1.59. The molecule has 0 saturated heterocycles. The summed E-state index contributed by atoms with van der Waals surface area (Å²) >= 11 is 0. The van der Waals surface area contributed by atoms with E-state index in [9.17, 15) is 0 Å². The Morgan fingerprint density at radius 2 is 1.64 bits per heavy atom. The molecule has 0 spiro atoms. The fourth-order valence-corrected chi connectivity index (χ4v) is 3.86. The molecule has 0 atom stereocenters. The molecule has 0 unspecified atom stereocenters. The Balaban J connectivity index is 1.68. The summed E-state index contributed by atoms with van der Waals surface area (Å²) < 4.78 is 6.23. The van der Waals surface area contributed by atoms with Crippen LogP contribution in [0.4, 0.5) is 5.69 Å². The maximum absolute atomic E-state index is 6.23. The fraction of sp³-hybridized carbons (Fsp3) is 0.0870. The summed E-state index contributed by atoms with van der Waals surface area (Å²) in [6, 6.07) is 22.6. The lowest BCUT2D eigenvalue weighted by Crippen LogP contribution is -2.28. The van der Waals surface area contributed by atoms with Crippen LogP contribution in [-0.4, -0.2) is 35.1 Å². The molecule has 0 aliphatic carbocycles. The molecule has 134 valence electrons. The number of fused-ring (bicyclic) bond motifs is 5. The third-order valence-corrected chi connectivity index (χ3v) is 5.20. The molecule has 0 fully saturated rings. The van der Waals surface area contributed by atoms with E-state index in [1.807, 2.05) is 47.6 Å². The Morgan fingerprint density at radius 1 is 0.893 bits per heavy atom. The molecule has 5 heteroatoms. The highest BCUT2D eigenvalue weighted by Gasteiger charge is 2.31. The minimum absolute atomic E-state index is 0.596. The summed E-state index contributed by atoms with van der Waals surface area (Å²) in [5, 5.41) is 0.936. The molecule has 0 N–H and O–H groups in total. The van der Waals surface area contributed by atoms with E-state index < -0.39 is 0 Å². The monoisotopic (exact) mass is 364 g/mol. The van der Waals surface area contributed by atoms with Gasteiger partial charge >= 0.3 is 0 Å². The van der Waals surface area contributed by atoms with Crippen LogP contribution < -0.4 is 0 Å². The van der Waals surface area contributed by atoms with Crippen molar-refractivity contribution in [3.8, 4) is 22.4 Å². The molecule has 28 heavy (non-hydrogen) atoms. The first-order valence-electron chi connectivity index (χ1n) is 9.32. The van der Waals surface area contributed by atoms with E-state index in [1.54, 1.807) is 0 Å². The number of hydrogen-bond acceptors (Lipinski definition) is 5. The largest absolute Gasteiger partial charge is 0.432 e. The lowest BCUT2D eigenvalue weighted by Gasteiger charge is -2.16. The Morgan fingerprint density at radius 3 is 2.43 bits per heavy atom. The third-order valence-electron chi connectivity index (χ3n) is 5.20. The number of amidine groups is 1. The van der Waals surface area contributed by atoms with Gasteiger partial charge < -0.3 is 9.32 Å². The van der Waals surface area contributed by atoms with Crippen molar-refractivity contribution in [2.45, 2.75) is 0 Å². The van der Waals surface area contributed by atoms with E-state index in [0.29, 0.717) is 11.5 Å². The van der Waals surface area contributed by atoms with Crippen LogP contribution in [0.2, 0.25) is 0 Å². The molecule has 2 aliphatic heterocycles. The van der Waals surface area contributed by atoms with Crippen molar-refractivity contribution < 1.29 is 4.42 Å². The Bertz CT molecular complexity index is 1260. The average Bonchev–Trinajstić information content (AvgIpc) is 3.38. The summed E-state index contributed by atoms with van der Waals surface area (Å²) in [6.07, 6.45) is 1.85. The number of benzene rings is 2. The number of aliphatic imine (C=N–C) groups is 2. The van der Waals surface area contributed by atoms with Gasteiger partial charge in [-0.05, 0) is 17.2 Å². The van der Waals surface area contributed by atoms with Gasteiger partial charge in [0, 0.05) is 12.1 Å². The topological polar surface area (TPSA) is 54.0 Å². The molecular weight excluding hydrogens is 348 g/mol. The van der Waals surface area contributed by atoms with Gasteiger partial charge in [0.15, 0.2) is 11.6 Å². The van der Waals surface area contributed by atoms with Crippen molar-refractivity contribution in [3.63, 3.8) is 0 Å². The summed E-state index contributed by atoms with van der Waals surface area (Å²) in [5.74, 6) is 1.56. The average molecular weight is 364 g/mol. The van der Waals surface area contributed by atoms with Crippen LogP contribution in [0.25, 0.3) is 33.5 Å². The number of pyridine rings is 1. The van der Waals surface area contributed by atoms with Crippen molar-refractivity contribution >= 4 is 29.0 Å². The van der Waals surface area contributed by atoms with Crippen LogP contribution in [-0.2, 0) is 0 Å². The van der Waals surface area contributed by atoms with E-state index in [4.69, 9.17) is 14.4 Å². The SMILES string of the molecule is C1=Nc2c(oc3nc(-c4ccccc4)cc(-c4ccccc4)c23)C2=NCCN12. The van der Waals surface area contributed by atoms with Crippen LogP contribution in [0, 0.1) is 0 Å². The first-order chi connectivity index (χ1) is 13.9. The quantitative estimate of drug-likeness (QED) is 0.508. The summed E-state index contributed by atoms with van der Waals surface area (Å²) in [5.41, 5.74) is 5.53. The van der Waals surface area contributed by atoms with Crippen molar-refractivity contribution in [1.29, 1.82) is 0 Å². The summed E-state index contributed by atoms with van der Waals surface area (Å²) in [4.78, 5) is 16.2. The van der Waals surface area contributed by atoms with Gasteiger partial charge in [-0.15, -0.1) is 0 Å². The minimum Gasteiger partial charge on any atom is -0.432 e. The first-order valence-corrected chi connectivity index (χ1v) is 9.32. The van der Waals surface area contributed by atoms with E-state index in [2.05, 4.69) is 35.3 Å². The van der Waals surface area contributed by atoms with Crippen molar-refractivity contribution in [3.05, 3.63) is 72.5 Å². The predicted octanol–water partition coefficient (Wildman–Crippen LogP) is 4.90. The van der Waals surface area contributed by atoms with Gasteiger partial charge in [0.25, 0.3) is 0 Å². The normalized spacial score (nSPS) is 14.9. The zero-order chi connectivity index (χ0) is 18.5. The van der Waals surface area contributed by atoms with Crippen LogP contribution in [0.5, 0.6) is 0 Å². The molecule has 0 amide bonds. The zero-order valence-electron chi connectivity index (χ0n) is 15.0. The molecule has 4 aromatic rings. The first kappa shape index (κ1) is 15.3.